The molecule has 8 nitrogen and oxygen atoms in total. The minimum Gasteiger partial charge on any atom is -0.497 e. The number of hydrogen-bond acceptors (Lipinski definition) is 6. The van der Waals surface area contributed by atoms with Crippen LogP contribution < -0.4 is 29.2 Å². The van der Waals surface area contributed by atoms with Crippen molar-refractivity contribution in [2.45, 2.75) is 6.54 Å². The molecular formula is C23H33IN4O4. The second-order valence-corrected chi connectivity index (χ2v) is 7.11. The molecule has 0 atom stereocenters. The maximum Gasteiger partial charge on any atom is 0.203 e. The summed E-state index contributed by atoms with van der Waals surface area (Å²) in [5.74, 6) is 3.62. The van der Waals surface area contributed by atoms with Crippen molar-refractivity contribution >= 4 is 35.6 Å². The monoisotopic (exact) mass is 556 g/mol. The molecule has 0 aliphatic carbocycles. The summed E-state index contributed by atoms with van der Waals surface area (Å²) >= 11 is 0. The van der Waals surface area contributed by atoms with Crippen LogP contribution in [0.1, 0.15) is 5.56 Å². The zero-order chi connectivity index (χ0) is 22.2. The normalized spacial score (nSPS) is 13.8. The highest BCUT2D eigenvalue weighted by Crippen LogP contribution is 2.38. The lowest BCUT2D eigenvalue weighted by Crippen LogP contribution is -2.52. The third-order valence-electron chi connectivity index (χ3n) is 5.40. The molecule has 0 saturated carbocycles. The van der Waals surface area contributed by atoms with E-state index in [0.717, 1.165) is 43.5 Å². The van der Waals surface area contributed by atoms with Crippen LogP contribution in [0.5, 0.6) is 23.0 Å². The molecule has 1 saturated heterocycles. The quantitative estimate of drug-likeness (QED) is 0.319. The fourth-order valence-electron chi connectivity index (χ4n) is 3.72. The van der Waals surface area contributed by atoms with Crippen molar-refractivity contribution < 1.29 is 18.9 Å². The van der Waals surface area contributed by atoms with E-state index in [1.54, 1.807) is 28.4 Å². The molecule has 1 N–H and O–H groups in total. The molecule has 1 aliphatic rings. The van der Waals surface area contributed by atoms with Gasteiger partial charge < -0.3 is 34.1 Å². The first-order chi connectivity index (χ1) is 15.1. The van der Waals surface area contributed by atoms with Crippen LogP contribution in [0.2, 0.25) is 0 Å². The summed E-state index contributed by atoms with van der Waals surface area (Å²) in [7, 11) is 8.34. The summed E-state index contributed by atoms with van der Waals surface area (Å²) in [6.45, 7) is 4.23. The summed E-state index contributed by atoms with van der Waals surface area (Å²) < 4.78 is 21.6. The minimum atomic E-state index is 0. The smallest absolute Gasteiger partial charge is 0.203 e. The number of methoxy groups -OCH3 is 4. The fraction of sp³-hybridized carbons (Fsp3) is 0.435. The molecule has 3 rings (SSSR count). The molecule has 0 unspecified atom stereocenters. The topological polar surface area (TPSA) is 67.8 Å². The molecule has 2 aromatic carbocycles. The first kappa shape index (κ1) is 25.7. The molecule has 32 heavy (non-hydrogen) atoms. The summed E-state index contributed by atoms with van der Waals surface area (Å²) in [4.78, 5) is 9.13. The Hall–Kier alpha value is -2.56. The lowest BCUT2D eigenvalue weighted by atomic mass is 10.1. The number of nitrogens with one attached hydrogen (secondary N) is 1. The van der Waals surface area contributed by atoms with Crippen molar-refractivity contribution in [3.63, 3.8) is 0 Å². The van der Waals surface area contributed by atoms with Gasteiger partial charge in [-0.05, 0) is 42.0 Å². The van der Waals surface area contributed by atoms with Crippen molar-refractivity contribution in [1.82, 2.24) is 10.2 Å². The molecule has 0 bridgehead atoms. The predicted octanol–water partition coefficient (Wildman–Crippen LogP) is 3.24. The van der Waals surface area contributed by atoms with Crippen LogP contribution in [-0.4, -0.2) is 72.5 Å². The van der Waals surface area contributed by atoms with Crippen LogP contribution in [0.3, 0.4) is 0 Å². The van der Waals surface area contributed by atoms with E-state index in [1.807, 2.05) is 31.3 Å². The van der Waals surface area contributed by atoms with Crippen molar-refractivity contribution in [2.24, 2.45) is 4.99 Å². The number of nitrogens with zero attached hydrogens (tertiary/aromatic N) is 3. The lowest BCUT2D eigenvalue weighted by Gasteiger charge is -2.37. The molecule has 0 radical (unpaired) electrons. The van der Waals surface area contributed by atoms with E-state index in [2.05, 4.69) is 32.2 Å². The second kappa shape index (κ2) is 12.5. The van der Waals surface area contributed by atoms with Gasteiger partial charge in [-0.2, -0.15) is 0 Å². The Bertz CT molecular complexity index is 859. The SMILES string of the molecule is CN=C(NCc1cc(OC)c(OC)c(OC)c1)N1CCN(c2ccc(OC)cc2)CC1.I. The number of aliphatic imine (C=N–C) groups is 1. The first-order valence-electron chi connectivity index (χ1n) is 10.3. The van der Waals surface area contributed by atoms with E-state index >= 15 is 0 Å². The van der Waals surface area contributed by atoms with E-state index < -0.39 is 0 Å². The number of halogens is 1. The standard InChI is InChI=1S/C23H32N4O4.HI/c1-24-23(25-16-17-14-20(29-3)22(31-5)21(15-17)30-4)27-12-10-26(11-13-27)18-6-8-19(28-2)9-7-18;/h6-9,14-15H,10-13,16H2,1-5H3,(H,24,25);1H. The number of benzene rings is 2. The Morgan fingerprint density at radius 1 is 0.875 bits per heavy atom. The van der Waals surface area contributed by atoms with Crippen LogP contribution >= 0.6 is 24.0 Å². The Labute approximate surface area is 207 Å². The fourth-order valence-corrected chi connectivity index (χ4v) is 3.72. The summed E-state index contributed by atoms with van der Waals surface area (Å²) in [5, 5.41) is 3.45. The van der Waals surface area contributed by atoms with Gasteiger partial charge in [0.2, 0.25) is 5.75 Å². The van der Waals surface area contributed by atoms with Gasteiger partial charge in [0, 0.05) is 45.5 Å². The largest absolute Gasteiger partial charge is 0.497 e. The van der Waals surface area contributed by atoms with E-state index in [0.29, 0.717) is 23.8 Å². The first-order valence-corrected chi connectivity index (χ1v) is 10.3. The number of hydrogen-bond donors (Lipinski definition) is 1. The molecule has 2 aromatic rings. The van der Waals surface area contributed by atoms with Gasteiger partial charge in [-0.15, -0.1) is 24.0 Å². The molecule has 0 amide bonds. The average Bonchev–Trinajstić information content (AvgIpc) is 2.84. The van der Waals surface area contributed by atoms with E-state index in [4.69, 9.17) is 18.9 Å². The van der Waals surface area contributed by atoms with Crippen molar-refractivity contribution in [2.75, 3.05) is 66.6 Å². The van der Waals surface area contributed by atoms with Gasteiger partial charge in [0.1, 0.15) is 5.75 Å². The highest BCUT2D eigenvalue weighted by molar-refractivity contribution is 14.0. The Morgan fingerprint density at radius 2 is 1.47 bits per heavy atom. The van der Waals surface area contributed by atoms with E-state index in [-0.39, 0.29) is 24.0 Å². The molecule has 0 spiro atoms. The van der Waals surface area contributed by atoms with Crippen LogP contribution in [0, 0.1) is 0 Å². The number of guanidine groups is 1. The van der Waals surface area contributed by atoms with Gasteiger partial charge in [0.05, 0.1) is 28.4 Å². The van der Waals surface area contributed by atoms with Gasteiger partial charge in [0.15, 0.2) is 17.5 Å². The van der Waals surface area contributed by atoms with Crippen LogP contribution in [0.15, 0.2) is 41.4 Å². The predicted molar refractivity (Wildman–Crippen MR) is 138 cm³/mol. The van der Waals surface area contributed by atoms with Gasteiger partial charge in [-0.1, -0.05) is 0 Å². The summed E-state index contributed by atoms with van der Waals surface area (Å²) in [6, 6.07) is 12.1. The highest BCUT2D eigenvalue weighted by atomic mass is 127. The van der Waals surface area contributed by atoms with Gasteiger partial charge in [0.25, 0.3) is 0 Å². The molecule has 9 heteroatoms. The molecule has 1 fully saturated rings. The lowest BCUT2D eigenvalue weighted by molar-refractivity contribution is 0.323. The van der Waals surface area contributed by atoms with E-state index in [9.17, 15) is 0 Å². The van der Waals surface area contributed by atoms with Crippen LogP contribution in [-0.2, 0) is 6.54 Å². The Balaban J connectivity index is 0.00000363. The van der Waals surface area contributed by atoms with Gasteiger partial charge in [-0.25, -0.2) is 0 Å². The molecular weight excluding hydrogens is 523 g/mol. The molecule has 176 valence electrons. The third-order valence-corrected chi connectivity index (χ3v) is 5.40. The molecule has 1 aliphatic heterocycles. The molecule has 0 aromatic heterocycles. The molecule has 1 heterocycles. The third kappa shape index (κ3) is 6.02. The Kier molecular flexibility index (Phi) is 10.0. The summed E-state index contributed by atoms with van der Waals surface area (Å²) in [6.07, 6.45) is 0. The number of piperazine rings is 1. The van der Waals surface area contributed by atoms with Crippen LogP contribution in [0.25, 0.3) is 0 Å². The Morgan fingerprint density at radius 3 is 1.94 bits per heavy atom. The van der Waals surface area contributed by atoms with Gasteiger partial charge in [-0.3, -0.25) is 4.99 Å². The van der Waals surface area contributed by atoms with Crippen molar-refractivity contribution in [3.8, 4) is 23.0 Å². The van der Waals surface area contributed by atoms with Crippen LogP contribution in [0.4, 0.5) is 5.69 Å². The van der Waals surface area contributed by atoms with Crippen molar-refractivity contribution in [3.05, 3.63) is 42.0 Å². The number of ether oxygens (including phenoxy) is 4. The number of rotatable bonds is 7. The number of anilines is 1. The maximum absolute atomic E-state index is 5.45. The average molecular weight is 556 g/mol. The zero-order valence-corrected chi connectivity index (χ0v) is 21.7. The summed E-state index contributed by atoms with van der Waals surface area (Å²) in [5.41, 5.74) is 2.23. The van der Waals surface area contributed by atoms with Gasteiger partial charge >= 0.3 is 0 Å². The van der Waals surface area contributed by atoms with E-state index in [1.165, 1.54) is 5.69 Å². The minimum absolute atomic E-state index is 0. The zero-order valence-electron chi connectivity index (χ0n) is 19.4. The maximum atomic E-state index is 5.45. The second-order valence-electron chi connectivity index (χ2n) is 7.11. The highest BCUT2D eigenvalue weighted by Gasteiger charge is 2.20. The van der Waals surface area contributed by atoms with Crippen molar-refractivity contribution in [1.29, 1.82) is 0 Å².